The average Bonchev–Trinajstić information content (AvgIpc) is 2.70. The normalized spacial score (nSPS) is 17.5. The number of hydrogen-bond donors (Lipinski definition) is 1. The summed E-state index contributed by atoms with van der Waals surface area (Å²) < 4.78 is 0. The van der Waals surface area contributed by atoms with Gasteiger partial charge in [-0.2, -0.15) is 0 Å². The van der Waals surface area contributed by atoms with E-state index in [2.05, 4.69) is 48.3 Å². The SMILES string of the molecule is Cc1cccc(N2CCN(C(=O)C(=O)NCCC3=CCCCC3)CC2)c1C. The van der Waals surface area contributed by atoms with Gasteiger partial charge in [-0.15, -0.1) is 0 Å². The molecule has 1 heterocycles. The average molecular weight is 370 g/mol. The second kappa shape index (κ2) is 9.07. The van der Waals surface area contributed by atoms with Gasteiger partial charge in [-0.3, -0.25) is 9.59 Å². The molecule has 1 aromatic rings. The van der Waals surface area contributed by atoms with Crippen molar-refractivity contribution >= 4 is 17.5 Å². The van der Waals surface area contributed by atoms with E-state index in [9.17, 15) is 9.59 Å². The fourth-order valence-electron chi connectivity index (χ4n) is 3.92. The van der Waals surface area contributed by atoms with Gasteiger partial charge in [0.25, 0.3) is 0 Å². The summed E-state index contributed by atoms with van der Waals surface area (Å²) in [6, 6.07) is 6.32. The molecule has 3 rings (SSSR count). The minimum absolute atomic E-state index is 0.395. The lowest BCUT2D eigenvalue weighted by atomic mass is 9.97. The van der Waals surface area contributed by atoms with Crippen LogP contribution in [0.15, 0.2) is 29.8 Å². The van der Waals surface area contributed by atoms with Crippen LogP contribution >= 0.6 is 0 Å². The maximum Gasteiger partial charge on any atom is 0.312 e. The Morgan fingerprint density at radius 2 is 1.85 bits per heavy atom. The number of hydrogen-bond acceptors (Lipinski definition) is 3. The minimum atomic E-state index is -0.466. The number of piperazine rings is 1. The lowest BCUT2D eigenvalue weighted by molar-refractivity contribution is -0.146. The molecule has 0 spiro atoms. The lowest BCUT2D eigenvalue weighted by Crippen LogP contribution is -2.53. The number of allylic oxidation sites excluding steroid dienone is 1. The van der Waals surface area contributed by atoms with Crippen molar-refractivity contribution in [3.05, 3.63) is 41.0 Å². The summed E-state index contributed by atoms with van der Waals surface area (Å²) in [5.74, 6) is -0.861. The number of carbonyl (C=O) groups is 2. The number of amides is 2. The molecule has 27 heavy (non-hydrogen) atoms. The predicted molar refractivity (Wildman–Crippen MR) is 109 cm³/mol. The number of anilines is 1. The first kappa shape index (κ1) is 19.5. The molecule has 1 saturated heterocycles. The third kappa shape index (κ3) is 4.90. The van der Waals surface area contributed by atoms with Gasteiger partial charge >= 0.3 is 11.8 Å². The van der Waals surface area contributed by atoms with Crippen LogP contribution in [0, 0.1) is 13.8 Å². The van der Waals surface area contributed by atoms with Gasteiger partial charge in [-0.1, -0.05) is 23.8 Å². The molecule has 1 aliphatic heterocycles. The molecule has 1 N–H and O–H groups in total. The van der Waals surface area contributed by atoms with Crippen LogP contribution in [0.3, 0.4) is 0 Å². The smallest absolute Gasteiger partial charge is 0.312 e. The second-order valence-electron chi connectivity index (χ2n) is 7.61. The third-order valence-corrected chi connectivity index (χ3v) is 5.79. The summed E-state index contributed by atoms with van der Waals surface area (Å²) in [5, 5.41) is 2.80. The van der Waals surface area contributed by atoms with E-state index in [-0.39, 0.29) is 0 Å². The molecule has 146 valence electrons. The highest BCUT2D eigenvalue weighted by atomic mass is 16.2. The van der Waals surface area contributed by atoms with Crippen molar-refractivity contribution in [3.8, 4) is 0 Å². The first-order valence-corrected chi connectivity index (χ1v) is 10.1. The fraction of sp³-hybridized carbons (Fsp3) is 0.545. The molecule has 0 atom stereocenters. The number of benzene rings is 1. The Morgan fingerprint density at radius 1 is 1.07 bits per heavy atom. The predicted octanol–water partition coefficient (Wildman–Crippen LogP) is 2.96. The quantitative estimate of drug-likeness (QED) is 0.656. The van der Waals surface area contributed by atoms with Gasteiger partial charge in [0.05, 0.1) is 0 Å². The molecular weight excluding hydrogens is 338 g/mol. The van der Waals surface area contributed by atoms with Gasteiger partial charge in [0.2, 0.25) is 0 Å². The van der Waals surface area contributed by atoms with E-state index in [4.69, 9.17) is 0 Å². The summed E-state index contributed by atoms with van der Waals surface area (Å²) in [5.41, 5.74) is 5.20. The molecule has 0 aromatic heterocycles. The molecule has 5 heteroatoms. The van der Waals surface area contributed by atoms with Gasteiger partial charge in [0.15, 0.2) is 0 Å². The molecule has 5 nitrogen and oxygen atoms in total. The number of aryl methyl sites for hydroxylation is 1. The monoisotopic (exact) mass is 369 g/mol. The Labute approximate surface area is 162 Å². The highest BCUT2D eigenvalue weighted by molar-refractivity contribution is 6.35. The molecule has 1 fully saturated rings. The number of nitrogens with one attached hydrogen (secondary N) is 1. The first-order valence-electron chi connectivity index (χ1n) is 10.1. The Kier molecular flexibility index (Phi) is 6.54. The molecular formula is C22H31N3O2. The first-order chi connectivity index (χ1) is 13.1. The highest BCUT2D eigenvalue weighted by Crippen LogP contribution is 2.24. The van der Waals surface area contributed by atoms with Crippen molar-refractivity contribution < 1.29 is 9.59 Å². The molecule has 2 amide bonds. The lowest BCUT2D eigenvalue weighted by Gasteiger charge is -2.36. The van der Waals surface area contributed by atoms with E-state index in [1.165, 1.54) is 35.2 Å². The van der Waals surface area contributed by atoms with E-state index in [1.54, 1.807) is 4.90 Å². The maximum atomic E-state index is 12.4. The molecule has 1 aromatic carbocycles. The molecule has 2 aliphatic rings. The van der Waals surface area contributed by atoms with Gasteiger partial charge < -0.3 is 15.1 Å². The Morgan fingerprint density at radius 3 is 2.56 bits per heavy atom. The summed E-state index contributed by atoms with van der Waals surface area (Å²) in [7, 11) is 0. The van der Waals surface area contributed by atoms with E-state index < -0.39 is 11.8 Å². The van der Waals surface area contributed by atoms with E-state index >= 15 is 0 Å². The Bertz CT molecular complexity index is 718. The molecule has 0 radical (unpaired) electrons. The number of carbonyl (C=O) groups excluding carboxylic acids is 2. The second-order valence-corrected chi connectivity index (χ2v) is 7.61. The molecule has 1 aliphatic carbocycles. The van der Waals surface area contributed by atoms with Crippen LogP contribution in [0.25, 0.3) is 0 Å². The molecule has 0 unspecified atom stereocenters. The van der Waals surface area contributed by atoms with Gasteiger partial charge in [0.1, 0.15) is 0 Å². The summed E-state index contributed by atoms with van der Waals surface area (Å²) in [6.45, 7) is 7.50. The fourth-order valence-corrected chi connectivity index (χ4v) is 3.92. The van der Waals surface area contributed by atoms with Crippen LogP contribution in [0.1, 0.15) is 43.2 Å². The van der Waals surface area contributed by atoms with Gasteiger partial charge in [0, 0.05) is 38.4 Å². The van der Waals surface area contributed by atoms with E-state index in [0.29, 0.717) is 19.6 Å². The van der Waals surface area contributed by atoms with Crippen molar-refractivity contribution in [3.63, 3.8) is 0 Å². The summed E-state index contributed by atoms with van der Waals surface area (Å²) in [6.07, 6.45) is 7.92. The minimum Gasteiger partial charge on any atom is -0.368 e. The van der Waals surface area contributed by atoms with E-state index in [0.717, 1.165) is 32.4 Å². The van der Waals surface area contributed by atoms with Gasteiger partial charge in [-0.05, 0) is 63.1 Å². The number of nitrogens with zero attached hydrogens (tertiary/aromatic N) is 2. The Hall–Kier alpha value is -2.30. The topological polar surface area (TPSA) is 52.7 Å². The van der Waals surface area contributed by atoms with Crippen LogP contribution in [-0.2, 0) is 9.59 Å². The Balaban J connectivity index is 1.45. The van der Waals surface area contributed by atoms with Gasteiger partial charge in [-0.25, -0.2) is 0 Å². The largest absolute Gasteiger partial charge is 0.368 e. The van der Waals surface area contributed by atoms with Crippen molar-refractivity contribution in [1.29, 1.82) is 0 Å². The molecule has 0 bridgehead atoms. The van der Waals surface area contributed by atoms with Crippen LogP contribution in [0.2, 0.25) is 0 Å². The van der Waals surface area contributed by atoms with Crippen LogP contribution in [-0.4, -0.2) is 49.4 Å². The van der Waals surface area contributed by atoms with Crippen LogP contribution in [0.4, 0.5) is 5.69 Å². The standard InChI is InChI=1S/C22H31N3O2/c1-17-7-6-10-20(18(17)2)24-13-15-25(16-14-24)22(27)21(26)23-12-11-19-8-4-3-5-9-19/h6-8,10H,3-5,9,11-16H2,1-2H3,(H,23,26). The van der Waals surface area contributed by atoms with E-state index in [1.807, 2.05) is 0 Å². The van der Waals surface area contributed by atoms with Crippen molar-refractivity contribution in [2.75, 3.05) is 37.6 Å². The zero-order valence-electron chi connectivity index (χ0n) is 16.6. The molecule has 0 saturated carbocycles. The van der Waals surface area contributed by atoms with Crippen LogP contribution in [0.5, 0.6) is 0 Å². The van der Waals surface area contributed by atoms with Crippen LogP contribution < -0.4 is 10.2 Å². The van der Waals surface area contributed by atoms with Crippen molar-refractivity contribution in [1.82, 2.24) is 10.2 Å². The number of rotatable bonds is 4. The maximum absolute atomic E-state index is 12.4. The zero-order valence-corrected chi connectivity index (χ0v) is 16.6. The third-order valence-electron chi connectivity index (χ3n) is 5.79. The summed E-state index contributed by atoms with van der Waals surface area (Å²) >= 11 is 0. The van der Waals surface area contributed by atoms with Crippen molar-refractivity contribution in [2.24, 2.45) is 0 Å². The highest BCUT2D eigenvalue weighted by Gasteiger charge is 2.26. The van der Waals surface area contributed by atoms with Crippen molar-refractivity contribution in [2.45, 2.75) is 46.0 Å². The summed E-state index contributed by atoms with van der Waals surface area (Å²) in [4.78, 5) is 28.6. The zero-order chi connectivity index (χ0) is 19.2.